The van der Waals surface area contributed by atoms with Gasteiger partial charge in [-0.05, 0) is 43.7 Å². The summed E-state index contributed by atoms with van der Waals surface area (Å²) in [5, 5.41) is 3.50. The fourth-order valence-electron chi connectivity index (χ4n) is 2.70. The Kier molecular flexibility index (Phi) is 4.81. The Labute approximate surface area is 115 Å². The molecule has 0 heterocycles. The Balaban J connectivity index is 2.25. The maximum Gasteiger partial charge on any atom is 0.169 e. The van der Waals surface area contributed by atoms with E-state index in [2.05, 4.69) is 19.2 Å². The number of rotatable bonds is 7. The predicted octanol–water partition coefficient (Wildman–Crippen LogP) is 3.92. The smallest absolute Gasteiger partial charge is 0.169 e. The van der Waals surface area contributed by atoms with Crippen LogP contribution < -0.4 is 10.1 Å². The molecular formula is C16H24FNO. The van der Waals surface area contributed by atoms with Crippen LogP contribution in [0.2, 0.25) is 0 Å². The van der Waals surface area contributed by atoms with Gasteiger partial charge in [0.2, 0.25) is 0 Å². The average Bonchev–Trinajstić information content (AvgIpc) is 3.25. The van der Waals surface area contributed by atoms with Gasteiger partial charge in [-0.1, -0.05) is 26.0 Å². The average molecular weight is 265 g/mol. The molecule has 1 saturated carbocycles. The minimum Gasteiger partial charge on any atom is -0.494 e. The van der Waals surface area contributed by atoms with E-state index in [4.69, 9.17) is 4.74 Å². The molecule has 1 aromatic rings. The van der Waals surface area contributed by atoms with Crippen molar-refractivity contribution in [1.29, 1.82) is 0 Å². The van der Waals surface area contributed by atoms with Gasteiger partial charge in [-0.15, -0.1) is 0 Å². The lowest BCUT2D eigenvalue weighted by Gasteiger charge is -2.26. The molecule has 1 fully saturated rings. The molecule has 2 rings (SSSR count). The summed E-state index contributed by atoms with van der Waals surface area (Å²) in [6, 6.07) is 5.52. The van der Waals surface area contributed by atoms with Gasteiger partial charge in [0.1, 0.15) is 0 Å². The van der Waals surface area contributed by atoms with Crippen LogP contribution in [0.4, 0.5) is 4.39 Å². The first-order valence-electron chi connectivity index (χ1n) is 7.24. The fourth-order valence-corrected chi connectivity index (χ4v) is 2.70. The Morgan fingerprint density at radius 2 is 2.16 bits per heavy atom. The number of ether oxygens (including phenoxy) is 1. The molecule has 3 heteroatoms. The van der Waals surface area contributed by atoms with Gasteiger partial charge in [0.25, 0.3) is 0 Å². The molecule has 106 valence electrons. The summed E-state index contributed by atoms with van der Waals surface area (Å²) in [4.78, 5) is 0. The van der Waals surface area contributed by atoms with Crippen LogP contribution in [0, 0.1) is 17.7 Å². The minimum atomic E-state index is -0.217. The lowest BCUT2D eigenvalue weighted by Crippen LogP contribution is -2.29. The maximum atomic E-state index is 14.4. The van der Waals surface area contributed by atoms with E-state index in [1.807, 2.05) is 12.1 Å². The second kappa shape index (κ2) is 6.38. The van der Waals surface area contributed by atoms with Crippen molar-refractivity contribution in [2.45, 2.75) is 39.2 Å². The highest BCUT2D eigenvalue weighted by atomic mass is 19.1. The van der Waals surface area contributed by atoms with E-state index in [9.17, 15) is 4.39 Å². The largest absolute Gasteiger partial charge is 0.494 e. The summed E-state index contributed by atoms with van der Waals surface area (Å²) in [7, 11) is 1.51. The maximum absolute atomic E-state index is 14.4. The highest BCUT2D eigenvalue weighted by Gasteiger charge is 2.35. The predicted molar refractivity (Wildman–Crippen MR) is 75.9 cm³/mol. The quantitative estimate of drug-likeness (QED) is 0.806. The van der Waals surface area contributed by atoms with Crippen molar-refractivity contribution in [2.24, 2.45) is 11.8 Å². The van der Waals surface area contributed by atoms with Crippen molar-refractivity contribution in [3.05, 3.63) is 29.6 Å². The van der Waals surface area contributed by atoms with Gasteiger partial charge in [-0.3, -0.25) is 0 Å². The molecule has 0 bridgehead atoms. The van der Waals surface area contributed by atoms with Crippen molar-refractivity contribution >= 4 is 0 Å². The second-order valence-corrected chi connectivity index (χ2v) is 5.49. The molecule has 1 aliphatic rings. The van der Waals surface area contributed by atoms with Crippen LogP contribution in [0.3, 0.4) is 0 Å². The van der Waals surface area contributed by atoms with Crippen LogP contribution in [0.1, 0.15) is 44.7 Å². The summed E-state index contributed by atoms with van der Waals surface area (Å²) >= 11 is 0. The molecule has 0 saturated heterocycles. The number of hydrogen-bond acceptors (Lipinski definition) is 2. The van der Waals surface area contributed by atoms with E-state index < -0.39 is 0 Å². The monoisotopic (exact) mass is 265 g/mol. The standard InChI is InChI=1S/C16H24FNO/c1-4-10-18-16(11(2)12-8-9-12)13-6-5-7-14(19-3)15(13)17/h5-7,11-12,16,18H,4,8-10H2,1-3H3. The van der Waals surface area contributed by atoms with Crippen molar-refractivity contribution in [3.63, 3.8) is 0 Å². The van der Waals surface area contributed by atoms with E-state index >= 15 is 0 Å². The Morgan fingerprint density at radius 3 is 2.74 bits per heavy atom. The van der Waals surface area contributed by atoms with Crippen molar-refractivity contribution in [2.75, 3.05) is 13.7 Å². The lowest BCUT2D eigenvalue weighted by atomic mass is 9.90. The summed E-state index contributed by atoms with van der Waals surface area (Å²) in [5.41, 5.74) is 0.743. The van der Waals surface area contributed by atoms with Gasteiger partial charge >= 0.3 is 0 Å². The number of nitrogens with one attached hydrogen (secondary N) is 1. The third kappa shape index (κ3) is 3.27. The Hall–Kier alpha value is -1.09. The number of hydrogen-bond donors (Lipinski definition) is 1. The van der Waals surface area contributed by atoms with Gasteiger partial charge < -0.3 is 10.1 Å². The Morgan fingerprint density at radius 1 is 1.42 bits per heavy atom. The van der Waals surface area contributed by atoms with Gasteiger partial charge in [-0.2, -0.15) is 0 Å². The summed E-state index contributed by atoms with van der Waals surface area (Å²) in [6.45, 7) is 5.27. The molecule has 2 atom stereocenters. The van der Waals surface area contributed by atoms with Crippen LogP contribution in [0.5, 0.6) is 5.75 Å². The molecule has 0 amide bonds. The fraction of sp³-hybridized carbons (Fsp3) is 0.625. The van der Waals surface area contributed by atoms with Crippen molar-refractivity contribution in [1.82, 2.24) is 5.32 Å². The third-order valence-corrected chi connectivity index (χ3v) is 4.05. The highest BCUT2D eigenvalue weighted by Crippen LogP contribution is 2.43. The van der Waals surface area contributed by atoms with Crippen molar-refractivity contribution in [3.8, 4) is 5.75 Å². The molecule has 1 aromatic carbocycles. The molecule has 19 heavy (non-hydrogen) atoms. The molecule has 0 aliphatic heterocycles. The van der Waals surface area contributed by atoms with E-state index in [1.54, 1.807) is 6.07 Å². The van der Waals surface area contributed by atoms with E-state index in [-0.39, 0.29) is 11.9 Å². The van der Waals surface area contributed by atoms with Crippen LogP contribution in [0.25, 0.3) is 0 Å². The molecule has 1 aliphatic carbocycles. The topological polar surface area (TPSA) is 21.3 Å². The normalized spacial score (nSPS) is 18.1. The minimum absolute atomic E-state index is 0.0857. The first-order chi connectivity index (χ1) is 9.19. The SMILES string of the molecule is CCCNC(c1cccc(OC)c1F)C(C)C1CC1. The zero-order valence-electron chi connectivity index (χ0n) is 12.1. The van der Waals surface area contributed by atoms with Crippen LogP contribution >= 0.6 is 0 Å². The third-order valence-electron chi connectivity index (χ3n) is 4.05. The molecule has 0 spiro atoms. The number of methoxy groups -OCH3 is 1. The molecule has 1 N–H and O–H groups in total. The lowest BCUT2D eigenvalue weighted by molar-refractivity contribution is 0.330. The van der Waals surface area contributed by atoms with E-state index in [1.165, 1.54) is 20.0 Å². The summed E-state index contributed by atoms with van der Waals surface area (Å²) in [5.74, 6) is 1.32. The Bertz CT molecular complexity index is 417. The van der Waals surface area contributed by atoms with Crippen LogP contribution in [-0.2, 0) is 0 Å². The summed E-state index contributed by atoms with van der Waals surface area (Å²) in [6.07, 6.45) is 3.60. The van der Waals surface area contributed by atoms with Gasteiger partial charge in [-0.25, -0.2) is 4.39 Å². The van der Waals surface area contributed by atoms with Gasteiger partial charge in [0, 0.05) is 11.6 Å². The molecule has 0 aromatic heterocycles. The van der Waals surface area contributed by atoms with Crippen molar-refractivity contribution < 1.29 is 9.13 Å². The first kappa shape index (κ1) is 14.3. The highest BCUT2D eigenvalue weighted by molar-refractivity contribution is 5.33. The van der Waals surface area contributed by atoms with Crippen LogP contribution in [-0.4, -0.2) is 13.7 Å². The van der Waals surface area contributed by atoms with E-state index in [0.29, 0.717) is 11.7 Å². The zero-order chi connectivity index (χ0) is 13.8. The molecule has 2 nitrogen and oxygen atoms in total. The zero-order valence-corrected chi connectivity index (χ0v) is 12.1. The number of halogens is 1. The van der Waals surface area contributed by atoms with Crippen LogP contribution in [0.15, 0.2) is 18.2 Å². The summed E-state index contributed by atoms with van der Waals surface area (Å²) < 4.78 is 19.5. The van der Waals surface area contributed by atoms with Gasteiger partial charge in [0.15, 0.2) is 11.6 Å². The molecule has 0 radical (unpaired) electrons. The molecule has 2 unspecified atom stereocenters. The van der Waals surface area contributed by atoms with E-state index in [0.717, 1.165) is 24.4 Å². The number of benzene rings is 1. The van der Waals surface area contributed by atoms with Gasteiger partial charge in [0.05, 0.1) is 7.11 Å². The first-order valence-corrected chi connectivity index (χ1v) is 7.24. The second-order valence-electron chi connectivity index (χ2n) is 5.49. The molecular weight excluding hydrogens is 241 g/mol.